The van der Waals surface area contributed by atoms with Crippen LogP contribution in [0, 0.1) is 0 Å². The number of hydrogen-bond acceptors (Lipinski definition) is 3. The summed E-state index contributed by atoms with van der Waals surface area (Å²) in [6.07, 6.45) is 2.27. The van der Waals surface area contributed by atoms with Crippen LogP contribution in [0.25, 0.3) is 0 Å². The van der Waals surface area contributed by atoms with Gasteiger partial charge in [-0.2, -0.15) is 0 Å². The van der Waals surface area contributed by atoms with Gasteiger partial charge in [-0.05, 0) is 24.0 Å². The van der Waals surface area contributed by atoms with Crippen LogP contribution in [0.15, 0.2) is 36.9 Å². The zero-order chi connectivity index (χ0) is 14.5. The molecule has 20 heavy (non-hydrogen) atoms. The number of benzene rings is 1. The van der Waals surface area contributed by atoms with Crippen molar-refractivity contribution in [3.8, 4) is 0 Å². The Bertz CT molecular complexity index is 528. The Hall–Kier alpha value is -2.14. The minimum Gasteiger partial charge on any atom is -0.480 e. The lowest BCUT2D eigenvalue weighted by molar-refractivity contribution is -0.142. The summed E-state index contributed by atoms with van der Waals surface area (Å²) in [6, 6.07) is 6.61. The topological polar surface area (TPSA) is 78.4 Å². The van der Waals surface area contributed by atoms with Gasteiger partial charge in [0.2, 0.25) is 5.91 Å². The Morgan fingerprint density at radius 3 is 2.80 bits per heavy atom. The number of amides is 1. The maximum Gasteiger partial charge on any atom is 0.326 e. The van der Waals surface area contributed by atoms with Gasteiger partial charge in [0.25, 0.3) is 0 Å². The van der Waals surface area contributed by atoms with E-state index < -0.39 is 18.1 Å². The average molecular weight is 274 g/mol. The summed E-state index contributed by atoms with van der Waals surface area (Å²) in [5.41, 5.74) is 2.31. The second-order valence-electron chi connectivity index (χ2n) is 4.83. The van der Waals surface area contributed by atoms with Crippen molar-refractivity contribution in [2.75, 3.05) is 0 Å². The van der Waals surface area contributed by atoms with Crippen molar-refractivity contribution >= 4 is 11.9 Å². The molecule has 1 aliphatic rings. The first-order chi connectivity index (χ1) is 9.61. The predicted molar refractivity (Wildman–Crippen MR) is 75.2 cm³/mol. The zero-order valence-corrected chi connectivity index (χ0v) is 11.1. The van der Waals surface area contributed by atoms with Crippen LogP contribution in [0.3, 0.4) is 0 Å². The molecule has 1 heterocycles. The molecule has 0 saturated carbocycles. The van der Waals surface area contributed by atoms with E-state index in [2.05, 4.69) is 17.2 Å². The quantitative estimate of drug-likeness (QED) is 0.695. The van der Waals surface area contributed by atoms with E-state index in [1.165, 1.54) is 11.6 Å². The lowest BCUT2D eigenvalue weighted by atomic mass is 9.95. The molecule has 1 amide bonds. The van der Waals surface area contributed by atoms with Crippen molar-refractivity contribution in [3.05, 3.63) is 48.0 Å². The molecule has 5 heteroatoms. The van der Waals surface area contributed by atoms with Gasteiger partial charge in [0.15, 0.2) is 0 Å². The van der Waals surface area contributed by atoms with Gasteiger partial charge >= 0.3 is 5.97 Å². The van der Waals surface area contributed by atoms with Gasteiger partial charge in [-0.3, -0.25) is 4.79 Å². The number of carboxylic acids is 1. The summed E-state index contributed by atoms with van der Waals surface area (Å²) in [5, 5.41) is 14.7. The molecule has 0 aromatic heterocycles. The number of carbonyl (C=O) groups excluding carboxylic acids is 1. The van der Waals surface area contributed by atoms with Crippen molar-refractivity contribution in [2.24, 2.45) is 0 Å². The first kappa shape index (κ1) is 14.3. The molecule has 5 nitrogen and oxygen atoms in total. The largest absolute Gasteiger partial charge is 0.480 e. The second-order valence-corrected chi connectivity index (χ2v) is 4.83. The first-order valence-electron chi connectivity index (χ1n) is 6.56. The molecule has 106 valence electrons. The first-order valence-corrected chi connectivity index (χ1v) is 6.56. The standard InChI is InChI=1S/C15H18N2O3/c1-2-5-12(15(19)20)17-14(18)13-8-10-6-3-4-7-11(10)9-16-13/h2-4,6-7,12-13,16H,1,5,8-9H2,(H,17,18)(H,19,20)/t12?,13-/m1/s1. The molecule has 0 fully saturated rings. The number of nitrogens with one attached hydrogen (secondary N) is 2. The van der Waals surface area contributed by atoms with E-state index in [0.29, 0.717) is 13.0 Å². The highest BCUT2D eigenvalue weighted by Crippen LogP contribution is 2.16. The summed E-state index contributed by atoms with van der Waals surface area (Å²) < 4.78 is 0. The number of aliphatic carboxylic acids is 1. The van der Waals surface area contributed by atoms with E-state index in [1.54, 1.807) is 0 Å². The highest BCUT2D eigenvalue weighted by molar-refractivity contribution is 5.87. The van der Waals surface area contributed by atoms with Crippen LogP contribution in [0.1, 0.15) is 17.5 Å². The Kier molecular flexibility index (Phi) is 4.53. The van der Waals surface area contributed by atoms with Crippen LogP contribution in [0.4, 0.5) is 0 Å². The van der Waals surface area contributed by atoms with Gasteiger partial charge in [0.1, 0.15) is 6.04 Å². The minimum absolute atomic E-state index is 0.213. The Morgan fingerprint density at radius 2 is 2.15 bits per heavy atom. The molecule has 1 aromatic rings. The van der Waals surface area contributed by atoms with E-state index in [0.717, 1.165) is 5.56 Å². The third kappa shape index (κ3) is 3.24. The summed E-state index contributed by atoms with van der Waals surface area (Å²) in [6.45, 7) is 4.12. The number of carboxylic acid groups (broad SMARTS) is 1. The lowest BCUT2D eigenvalue weighted by Crippen LogP contribution is -2.52. The molecule has 1 unspecified atom stereocenters. The Morgan fingerprint density at radius 1 is 1.45 bits per heavy atom. The van der Waals surface area contributed by atoms with Gasteiger partial charge in [0.05, 0.1) is 6.04 Å². The third-order valence-corrected chi connectivity index (χ3v) is 3.41. The molecule has 0 radical (unpaired) electrons. The molecule has 2 rings (SSSR count). The molecule has 2 atom stereocenters. The lowest BCUT2D eigenvalue weighted by Gasteiger charge is -2.26. The Balaban J connectivity index is 2.01. The maximum atomic E-state index is 12.1. The van der Waals surface area contributed by atoms with Crippen LogP contribution in [-0.4, -0.2) is 29.1 Å². The fraction of sp³-hybridized carbons (Fsp3) is 0.333. The van der Waals surface area contributed by atoms with E-state index in [9.17, 15) is 9.59 Å². The number of rotatable bonds is 5. The van der Waals surface area contributed by atoms with Crippen LogP contribution < -0.4 is 10.6 Å². The van der Waals surface area contributed by atoms with Gasteiger partial charge in [-0.15, -0.1) is 6.58 Å². The number of fused-ring (bicyclic) bond motifs is 1. The minimum atomic E-state index is -1.05. The van der Waals surface area contributed by atoms with Crippen LogP contribution >= 0.6 is 0 Å². The summed E-state index contributed by atoms with van der Waals surface area (Å²) in [7, 11) is 0. The SMILES string of the molecule is C=CCC(NC(=O)[C@H]1Cc2ccccc2CN1)C(=O)O. The van der Waals surface area contributed by atoms with Gasteiger partial charge in [-0.25, -0.2) is 4.79 Å². The molecule has 1 aromatic carbocycles. The van der Waals surface area contributed by atoms with Crippen LogP contribution in [0.5, 0.6) is 0 Å². The van der Waals surface area contributed by atoms with Crippen molar-refractivity contribution in [2.45, 2.75) is 31.5 Å². The molecule has 0 aliphatic carbocycles. The van der Waals surface area contributed by atoms with Crippen LogP contribution in [0.2, 0.25) is 0 Å². The fourth-order valence-electron chi connectivity index (χ4n) is 2.30. The van der Waals surface area contributed by atoms with Crippen molar-refractivity contribution < 1.29 is 14.7 Å². The molecule has 0 bridgehead atoms. The summed E-state index contributed by atoms with van der Waals surface area (Å²) in [4.78, 5) is 23.1. The van der Waals surface area contributed by atoms with Gasteiger partial charge < -0.3 is 15.7 Å². The maximum absolute atomic E-state index is 12.1. The van der Waals surface area contributed by atoms with E-state index in [-0.39, 0.29) is 12.3 Å². The molecule has 0 saturated heterocycles. The molecule has 0 spiro atoms. The Labute approximate surface area is 117 Å². The number of hydrogen-bond donors (Lipinski definition) is 3. The zero-order valence-electron chi connectivity index (χ0n) is 11.1. The highest BCUT2D eigenvalue weighted by atomic mass is 16.4. The third-order valence-electron chi connectivity index (χ3n) is 3.41. The molecular weight excluding hydrogens is 256 g/mol. The highest BCUT2D eigenvalue weighted by Gasteiger charge is 2.27. The van der Waals surface area contributed by atoms with E-state index in [4.69, 9.17) is 5.11 Å². The summed E-state index contributed by atoms with van der Waals surface area (Å²) >= 11 is 0. The van der Waals surface area contributed by atoms with E-state index >= 15 is 0 Å². The average Bonchev–Trinajstić information content (AvgIpc) is 2.46. The normalized spacial score (nSPS) is 18.7. The van der Waals surface area contributed by atoms with Gasteiger partial charge in [-0.1, -0.05) is 30.3 Å². The second kappa shape index (κ2) is 6.34. The number of carbonyl (C=O) groups is 2. The molecule has 3 N–H and O–H groups in total. The molecule has 1 aliphatic heterocycles. The summed E-state index contributed by atoms with van der Waals surface area (Å²) in [5.74, 6) is -1.33. The van der Waals surface area contributed by atoms with Crippen molar-refractivity contribution in [3.63, 3.8) is 0 Å². The predicted octanol–water partition coefficient (Wildman–Crippen LogP) is 0.846. The van der Waals surface area contributed by atoms with Gasteiger partial charge in [0, 0.05) is 6.54 Å². The smallest absolute Gasteiger partial charge is 0.326 e. The van der Waals surface area contributed by atoms with Crippen LogP contribution in [-0.2, 0) is 22.6 Å². The fourth-order valence-corrected chi connectivity index (χ4v) is 2.30. The molecular formula is C15H18N2O3. The van der Waals surface area contributed by atoms with Crippen molar-refractivity contribution in [1.29, 1.82) is 0 Å². The monoisotopic (exact) mass is 274 g/mol. The van der Waals surface area contributed by atoms with Crippen molar-refractivity contribution in [1.82, 2.24) is 10.6 Å². The van der Waals surface area contributed by atoms with E-state index in [1.807, 2.05) is 24.3 Å².